The van der Waals surface area contributed by atoms with Crippen LogP contribution < -0.4 is 4.72 Å². The van der Waals surface area contributed by atoms with Gasteiger partial charge in [-0.3, -0.25) is 9.52 Å². The zero-order valence-corrected chi connectivity index (χ0v) is 16.3. The van der Waals surface area contributed by atoms with E-state index in [9.17, 15) is 23.4 Å². The third-order valence-electron chi connectivity index (χ3n) is 4.19. The third kappa shape index (κ3) is 4.83. The van der Waals surface area contributed by atoms with Crippen LogP contribution in [0.1, 0.15) is 21.5 Å². The Morgan fingerprint density at radius 3 is 2.31 bits per heavy atom. The maximum atomic E-state index is 12.6. The first-order valence-electron chi connectivity index (χ1n) is 8.69. The van der Waals surface area contributed by atoms with Crippen molar-refractivity contribution in [1.29, 1.82) is 0 Å². The van der Waals surface area contributed by atoms with E-state index in [4.69, 9.17) is 0 Å². The number of carbonyl (C=O) groups is 1. The summed E-state index contributed by atoms with van der Waals surface area (Å²) in [6.45, 7) is 1.86. The van der Waals surface area contributed by atoms with Gasteiger partial charge in [-0.2, -0.15) is 0 Å². The number of anilines is 1. The Morgan fingerprint density at radius 2 is 1.62 bits per heavy atom. The molecule has 0 spiro atoms. The molecule has 6 nitrogen and oxygen atoms in total. The molecule has 0 unspecified atom stereocenters. The number of sulfonamides is 1. The molecule has 0 radical (unpaired) electrons. The minimum atomic E-state index is -3.85. The summed E-state index contributed by atoms with van der Waals surface area (Å²) in [5.41, 5.74) is 1.79. The van der Waals surface area contributed by atoms with Crippen LogP contribution in [0.2, 0.25) is 0 Å². The van der Waals surface area contributed by atoms with Gasteiger partial charge in [-0.15, -0.1) is 0 Å². The molecule has 0 saturated carbocycles. The second kappa shape index (κ2) is 8.20. The Bertz CT molecular complexity index is 1180. The number of hydrogen-bond acceptors (Lipinski definition) is 5. The highest BCUT2D eigenvalue weighted by Crippen LogP contribution is 2.26. The second-order valence-electron chi connectivity index (χ2n) is 6.41. The van der Waals surface area contributed by atoms with Crippen molar-refractivity contribution in [3.8, 4) is 11.5 Å². The third-order valence-corrected chi connectivity index (χ3v) is 5.58. The Hall–Kier alpha value is -3.58. The van der Waals surface area contributed by atoms with Crippen molar-refractivity contribution in [3.63, 3.8) is 0 Å². The SMILES string of the molecule is Cc1ccc(S(=O)(=O)Nc2ccccc2C(=O)C=Cc2ccc(O)c(O)c2)cc1. The summed E-state index contributed by atoms with van der Waals surface area (Å²) in [6.07, 6.45) is 2.73. The number of phenolic OH excluding ortho intramolecular Hbond substituents is 2. The van der Waals surface area contributed by atoms with Gasteiger partial charge in [-0.1, -0.05) is 42.0 Å². The summed E-state index contributed by atoms with van der Waals surface area (Å²) in [6, 6.07) is 16.8. The van der Waals surface area contributed by atoms with Crippen molar-refractivity contribution in [2.24, 2.45) is 0 Å². The smallest absolute Gasteiger partial charge is 0.261 e. The Kier molecular flexibility index (Phi) is 5.70. The fourth-order valence-electron chi connectivity index (χ4n) is 2.61. The zero-order valence-electron chi connectivity index (χ0n) is 15.5. The molecule has 0 aromatic heterocycles. The van der Waals surface area contributed by atoms with Gasteiger partial charge in [-0.25, -0.2) is 8.42 Å². The van der Waals surface area contributed by atoms with Crippen LogP contribution in [-0.4, -0.2) is 24.4 Å². The van der Waals surface area contributed by atoms with E-state index in [2.05, 4.69) is 4.72 Å². The van der Waals surface area contributed by atoms with Crippen LogP contribution in [0.4, 0.5) is 5.69 Å². The minimum absolute atomic E-state index is 0.0977. The molecule has 0 aliphatic carbocycles. The average Bonchev–Trinajstić information content (AvgIpc) is 2.69. The largest absolute Gasteiger partial charge is 0.504 e. The fourth-order valence-corrected chi connectivity index (χ4v) is 3.69. The molecule has 29 heavy (non-hydrogen) atoms. The van der Waals surface area contributed by atoms with E-state index >= 15 is 0 Å². The van der Waals surface area contributed by atoms with Crippen molar-refractivity contribution in [2.75, 3.05) is 4.72 Å². The molecule has 3 rings (SSSR count). The van der Waals surface area contributed by atoms with Crippen LogP contribution in [0.3, 0.4) is 0 Å². The highest BCUT2D eigenvalue weighted by molar-refractivity contribution is 7.92. The number of benzene rings is 3. The summed E-state index contributed by atoms with van der Waals surface area (Å²) in [5.74, 6) is -0.977. The van der Waals surface area contributed by atoms with E-state index in [0.717, 1.165) is 5.56 Å². The number of ketones is 1. The van der Waals surface area contributed by atoms with Gasteiger partial charge in [0.1, 0.15) is 0 Å². The predicted molar refractivity (Wildman–Crippen MR) is 112 cm³/mol. The first-order valence-corrected chi connectivity index (χ1v) is 10.2. The highest BCUT2D eigenvalue weighted by atomic mass is 32.2. The lowest BCUT2D eigenvalue weighted by Gasteiger charge is -2.11. The van der Waals surface area contributed by atoms with Gasteiger partial charge in [-0.05, 0) is 55.0 Å². The number of hydrogen-bond donors (Lipinski definition) is 3. The van der Waals surface area contributed by atoms with Gasteiger partial charge in [0.25, 0.3) is 10.0 Å². The van der Waals surface area contributed by atoms with E-state index in [0.29, 0.717) is 5.56 Å². The van der Waals surface area contributed by atoms with Gasteiger partial charge < -0.3 is 10.2 Å². The number of aryl methyl sites for hydroxylation is 1. The molecule has 0 aliphatic rings. The average molecular weight is 409 g/mol. The van der Waals surface area contributed by atoms with Crippen molar-refractivity contribution in [2.45, 2.75) is 11.8 Å². The molecular weight excluding hydrogens is 390 g/mol. The maximum absolute atomic E-state index is 12.6. The second-order valence-corrected chi connectivity index (χ2v) is 8.09. The van der Waals surface area contributed by atoms with Crippen molar-refractivity contribution < 1.29 is 23.4 Å². The molecule has 148 valence electrons. The number of para-hydroxylation sites is 1. The lowest BCUT2D eigenvalue weighted by atomic mass is 10.1. The van der Waals surface area contributed by atoms with Crippen LogP contribution in [-0.2, 0) is 10.0 Å². The fraction of sp³-hybridized carbons (Fsp3) is 0.0455. The molecule has 3 aromatic rings. The Labute approximate surface area is 168 Å². The van der Waals surface area contributed by atoms with Gasteiger partial charge in [0.15, 0.2) is 17.3 Å². The molecule has 0 atom stereocenters. The zero-order chi connectivity index (χ0) is 21.0. The van der Waals surface area contributed by atoms with E-state index in [1.807, 2.05) is 6.92 Å². The molecule has 0 bridgehead atoms. The predicted octanol–water partition coefficient (Wildman–Crippen LogP) is 4.10. The quantitative estimate of drug-likeness (QED) is 0.323. The number of allylic oxidation sites excluding steroid dienone is 1. The highest BCUT2D eigenvalue weighted by Gasteiger charge is 2.17. The Balaban J connectivity index is 1.86. The molecule has 0 heterocycles. The molecule has 0 amide bonds. The number of phenols is 2. The molecule has 0 fully saturated rings. The van der Waals surface area contributed by atoms with Gasteiger partial charge in [0.05, 0.1) is 10.6 Å². The minimum Gasteiger partial charge on any atom is -0.504 e. The number of aromatic hydroxyl groups is 2. The number of nitrogens with one attached hydrogen (secondary N) is 1. The number of carbonyl (C=O) groups excluding carboxylic acids is 1. The topological polar surface area (TPSA) is 104 Å². The lowest BCUT2D eigenvalue weighted by molar-refractivity contribution is 0.104. The van der Waals surface area contributed by atoms with E-state index in [1.54, 1.807) is 24.3 Å². The molecule has 0 saturated heterocycles. The molecule has 0 aliphatic heterocycles. The monoisotopic (exact) mass is 409 g/mol. The van der Waals surface area contributed by atoms with Crippen LogP contribution in [0.5, 0.6) is 11.5 Å². The van der Waals surface area contributed by atoms with E-state index in [1.165, 1.54) is 54.6 Å². The normalized spacial score (nSPS) is 11.5. The summed E-state index contributed by atoms with van der Waals surface area (Å²) in [5, 5.41) is 18.9. The van der Waals surface area contributed by atoms with Gasteiger partial charge in [0, 0.05) is 5.56 Å². The van der Waals surface area contributed by atoms with Crippen molar-refractivity contribution >= 4 is 27.6 Å². The maximum Gasteiger partial charge on any atom is 0.261 e. The standard InChI is InChI=1S/C22H19NO5S/c1-15-6-10-17(11-7-15)29(27,28)23-19-5-3-2-4-18(19)20(24)12-8-16-9-13-21(25)22(26)14-16/h2-14,23,25-26H,1H3. The van der Waals surface area contributed by atoms with Crippen LogP contribution in [0.25, 0.3) is 6.08 Å². The van der Waals surface area contributed by atoms with Gasteiger partial charge in [0.2, 0.25) is 0 Å². The Morgan fingerprint density at radius 1 is 0.931 bits per heavy atom. The lowest BCUT2D eigenvalue weighted by Crippen LogP contribution is -2.15. The number of rotatable bonds is 6. The molecule has 7 heteroatoms. The molecular formula is C22H19NO5S. The van der Waals surface area contributed by atoms with E-state index in [-0.39, 0.29) is 27.6 Å². The molecule has 3 N–H and O–H groups in total. The van der Waals surface area contributed by atoms with Crippen molar-refractivity contribution in [3.05, 3.63) is 89.5 Å². The van der Waals surface area contributed by atoms with Crippen molar-refractivity contribution in [1.82, 2.24) is 0 Å². The summed E-state index contributed by atoms with van der Waals surface area (Å²) in [4.78, 5) is 12.7. The van der Waals surface area contributed by atoms with Gasteiger partial charge >= 0.3 is 0 Å². The van der Waals surface area contributed by atoms with Crippen LogP contribution in [0, 0.1) is 6.92 Å². The molecule has 3 aromatic carbocycles. The van der Waals surface area contributed by atoms with Crippen LogP contribution in [0.15, 0.2) is 77.7 Å². The summed E-state index contributed by atoms with van der Waals surface area (Å²) in [7, 11) is -3.85. The summed E-state index contributed by atoms with van der Waals surface area (Å²) >= 11 is 0. The summed E-state index contributed by atoms with van der Waals surface area (Å²) < 4.78 is 27.8. The van der Waals surface area contributed by atoms with Crippen LogP contribution >= 0.6 is 0 Å². The van der Waals surface area contributed by atoms with E-state index < -0.39 is 15.8 Å². The first-order chi connectivity index (χ1) is 13.8. The first kappa shape index (κ1) is 20.2.